The second-order valence-corrected chi connectivity index (χ2v) is 5.23. The highest BCUT2D eigenvalue weighted by atomic mass is 14.7. The number of nitrogens with two attached hydrogens (primary N) is 1. The lowest BCUT2D eigenvalue weighted by atomic mass is 10.1. The lowest BCUT2D eigenvalue weighted by Gasteiger charge is -2.02. The lowest BCUT2D eigenvalue weighted by Crippen LogP contribution is -1.98. The zero-order chi connectivity index (χ0) is 12.6. The summed E-state index contributed by atoms with van der Waals surface area (Å²) in [6.45, 7) is 0.581. The number of hydrogen-bond donors (Lipinski definition) is 1. The number of hydrogen-bond acceptors (Lipinski definition) is 2. The summed E-state index contributed by atoms with van der Waals surface area (Å²) < 4.78 is 0. The molecule has 1 fully saturated rings. The van der Waals surface area contributed by atoms with Crippen molar-refractivity contribution in [3.8, 4) is 0 Å². The van der Waals surface area contributed by atoms with E-state index in [9.17, 15) is 0 Å². The first kappa shape index (κ1) is 13.3. The van der Waals surface area contributed by atoms with Crippen LogP contribution in [0.3, 0.4) is 0 Å². The number of aryl methyl sites for hydroxylation is 1. The van der Waals surface area contributed by atoms with Crippen LogP contribution < -0.4 is 5.73 Å². The molecule has 2 heteroatoms. The predicted octanol–water partition coefficient (Wildman–Crippen LogP) is 3.61. The first-order chi connectivity index (χ1) is 8.88. The van der Waals surface area contributed by atoms with Crippen LogP contribution in [-0.4, -0.2) is 4.98 Å². The molecule has 1 aliphatic carbocycles. The van der Waals surface area contributed by atoms with Gasteiger partial charge in [0.1, 0.15) is 0 Å². The summed E-state index contributed by atoms with van der Waals surface area (Å²) in [5.74, 6) is 0.868. The van der Waals surface area contributed by atoms with Crippen LogP contribution in [0.2, 0.25) is 0 Å². The maximum Gasteiger partial charge on any atom is 0.0403 e. The molecule has 2 N–H and O–H groups in total. The van der Waals surface area contributed by atoms with Crippen LogP contribution in [0.5, 0.6) is 0 Å². The van der Waals surface area contributed by atoms with E-state index < -0.39 is 0 Å². The van der Waals surface area contributed by atoms with Crippen molar-refractivity contribution < 1.29 is 0 Å². The van der Waals surface area contributed by atoms with Crippen LogP contribution in [0.15, 0.2) is 30.5 Å². The van der Waals surface area contributed by atoms with Crippen molar-refractivity contribution in [2.75, 3.05) is 0 Å². The van der Waals surface area contributed by atoms with Crippen LogP contribution in [0, 0.1) is 5.92 Å². The Balaban J connectivity index is 1.64. The van der Waals surface area contributed by atoms with Crippen LogP contribution >= 0.6 is 0 Å². The average molecular weight is 244 g/mol. The fraction of sp³-hybridized carbons (Fsp3) is 0.562. The highest BCUT2D eigenvalue weighted by molar-refractivity contribution is 5.13. The molecule has 18 heavy (non-hydrogen) atoms. The van der Waals surface area contributed by atoms with Gasteiger partial charge in [-0.25, -0.2) is 0 Å². The summed E-state index contributed by atoms with van der Waals surface area (Å²) in [7, 11) is 0. The van der Waals surface area contributed by atoms with Crippen molar-refractivity contribution in [1.29, 1.82) is 0 Å². The number of aromatic nitrogens is 1. The lowest BCUT2D eigenvalue weighted by molar-refractivity contribution is 0.680. The summed E-state index contributed by atoms with van der Waals surface area (Å²) in [6.07, 6.45) is 15.8. The molecule has 0 spiro atoms. The normalized spacial score (nSPS) is 16.7. The molecule has 2 nitrogen and oxygen atoms in total. The van der Waals surface area contributed by atoms with Gasteiger partial charge in [0, 0.05) is 18.4 Å². The van der Waals surface area contributed by atoms with Crippen LogP contribution in [0.4, 0.5) is 0 Å². The Hall–Kier alpha value is -1.15. The van der Waals surface area contributed by atoms with Gasteiger partial charge in [0.15, 0.2) is 0 Å². The van der Waals surface area contributed by atoms with E-state index in [0.717, 1.165) is 17.9 Å². The molecule has 0 aromatic carbocycles. The molecule has 1 aromatic heterocycles. The van der Waals surface area contributed by atoms with E-state index in [1.54, 1.807) is 0 Å². The second-order valence-electron chi connectivity index (χ2n) is 5.23. The molecule has 0 saturated heterocycles. The Labute approximate surface area is 110 Å². The Bertz CT molecular complexity index is 361. The first-order valence-electron chi connectivity index (χ1n) is 7.19. The largest absolute Gasteiger partial charge is 0.326 e. The summed E-state index contributed by atoms with van der Waals surface area (Å²) in [4.78, 5) is 4.42. The molecule has 1 aliphatic rings. The highest BCUT2D eigenvalue weighted by Gasteiger charge is 2.10. The maximum atomic E-state index is 5.55. The molecule has 2 rings (SSSR count). The standard InChI is InChI=1S/C16H24N2/c17-12-15-10-11-16(18-13-15)9-3-1-2-6-14-7-4-5-8-14/h2,6,10-11,13-14H,1,3-5,7-9,12,17H2/b6-2-. The predicted molar refractivity (Wildman–Crippen MR) is 76.2 cm³/mol. The third-order valence-corrected chi connectivity index (χ3v) is 3.73. The SMILES string of the molecule is NCc1ccc(CCC/C=C\C2CCCC2)nc1. The van der Waals surface area contributed by atoms with E-state index in [1.807, 2.05) is 6.20 Å². The van der Waals surface area contributed by atoms with Crippen molar-refractivity contribution in [1.82, 2.24) is 4.98 Å². The van der Waals surface area contributed by atoms with Gasteiger partial charge in [-0.05, 0) is 49.7 Å². The molecular weight excluding hydrogens is 220 g/mol. The minimum atomic E-state index is 0.581. The van der Waals surface area contributed by atoms with E-state index in [1.165, 1.54) is 44.2 Å². The van der Waals surface area contributed by atoms with E-state index in [-0.39, 0.29) is 0 Å². The van der Waals surface area contributed by atoms with Crippen molar-refractivity contribution in [3.63, 3.8) is 0 Å². The summed E-state index contributed by atoms with van der Waals surface area (Å²) in [5.41, 5.74) is 7.84. The Kier molecular flexibility index (Phi) is 5.40. The minimum Gasteiger partial charge on any atom is -0.326 e. The van der Waals surface area contributed by atoms with Crippen molar-refractivity contribution in [2.24, 2.45) is 11.7 Å². The van der Waals surface area contributed by atoms with Crippen molar-refractivity contribution in [3.05, 3.63) is 41.7 Å². The number of allylic oxidation sites excluding steroid dienone is 2. The quantitative estimate of drug-likeness (QED) is 0.613. The molecule has 0 aliphatic heterocycles. The summed E-state index contributed by atoms with van der Waals surface area (Å²) in [5, 5.41) is 0. The molecule has 0 bridgehead atoms. The van der Waals surface area contributed by atoms with Gasteiger partial charge in [-0.1, -0.05) is 31.1 Å². The van der Waals surface area contributed by atoms with E-state index in [4.69, 9.17) is 5.73 Å². The zero-order valence-corrected chi connectivity index (χ0v) is 11.1. The van der Waals surface area contributed by atoms with Crippen molar-refractivity contribution >= 4 is 0 Å². The van der Waals surface area contributed by atoms with Gasteiger partial charge in [0.2, 0.25) is 0 Å². The maximum absolute atomic E-state index is 5.55. The van der Waals surface area contributed by atoms with Crippen LogP contribution in [0.1, 0.15) is 49.8 Å². The molecule has 0 amide bonds. The number of rotatable bonds is 6. The second kappa shape index (κ2) is 7.32. The third-order valence-electron chi connectivity index (χ3n) is 3.73. The molecule has 1 aromatic rings. The fourth-order valence-corrected chi connectivity index (χ4v) is 2.56. The third kappa shape index (κ3) is 4.26. The molecule has 0 atom stereocenters. The monoisotopic (exact) mass is 244 g/mol. The highest BCUT2D eigenvalue weighted by Crippen LogP contribution is 2.25. The Morgan fingerprint density at radius 2 is 2.11 bits per heavy atom. The van der Waals surface area contributed by atoms with E-state index in [0.29, 0.717) is 6.54 Å². The molecular formula is C16H24N2. The minimum absolute atomic E-state index is 0.581. The van der Waals surface area contributed by atoms with Gasteiger partial charge in [0.05, 0.1) is 0 Å². The zero-order valence-electron chi connectivity index (χ0n) is 11.1. The fourth-order valence-electron chi connectivity index (χ4n) is 2.56. The topological polar surface area (TPSA) is 38.9 Å². The molecule has 0 radical (unpaired) electrons. The first-order valence-corrected chi connectivity index (χ1v) is 7.19. The molecule has 1 heterocycles. The van der Waals surface area contributed by atoms with Crippen molar-refractivity contribution in [2.45, 2.75) is 51.5 Å². The Morgan fingerprint density at radius 1 is 1.28 bits per heavy atom. The van der Waals surface area contributed by atoms with Gasteiger partial charge in [-0.3, -0.25) is 4.98 Å². The molecule has 1 saturated carbocycles. The van der Waals surface area contributed by atoms with E-state index >= 15 is 0 Å². The van der Waals surface area contributed by atoms with Gasteiger partial charge >= 0.3 is 0 Å². The molecule has 0 unspecified atom stereocenters. The van der Waals surface area contributed by atoms with Crippen LogP contribution in [-0.2, 0) is 13.0 Å². The Morgan fingerprint density at radius 3 is 2.78 bits per heavy atom. The smallest absolute Gasteiger partial charge is 0.0403 e. The summed E-state index contributed by atoms with van der Waals surface area (Å²) >= 11 is 0. The van der Waals surface area contributed by atoms with Gasteiger partial charge < -0.3 is 5.73 Å². The van der Waals surface area contributed by atoms with Gasteiger partial charge in [-0.2, -0.15) is 0 Å². The number of pyridine rings is 1. The average Bonchev–Trinajstić information content (AvgIpc) is 2.92. The van der Waals surface area contributed by atoms with Gasteiger partial charge in [-0.15, -0.1) is 0 Å². The van der Waals surface area contributed by atoms with Crippen LogP contribution in [0.25, 0.3) is 0 Å². The summed E-state index contributed by atoms with van der Waals surface area (Å²) in [6, 6.07) is 4.18. The van der Waals surface area contributed by atoms with Gasteiger partial charge in [0.25, 0.3) is 0 Å². The van der Waals surface area contributed by atoms with E-state index in [2.05, 4.69) is 29.3 Å². The number of nitrogens with zero attached hydrogens (tertiary/aromatic N) is 1. The molecule has 98 valence electrons. The number of unbranched alkanes of at least 4 members (excludes halogenated alkanes) is 1.